The number of hydrogen-bond acceptors (Lipinski definition) is 5. The number of methoxy groups -OCH3 is 1. The maximum Gasteiger partial charge on any atom is 0.253 e. The molecule has 3 aromatic rings. The fourth-order valence-electron chi connectivity index (χ4n) is 2.79. The molecule has 0 aliphatic carbocycles. The summed E-state index contributed by atoms with van der Waals surface area (Å²) in [7, 11) is -1.79. The molecule has 0 saturated carbocycles. The number of amides is 1. The summed E-state index contributed by atoms with van der Waals surface area (Å²) in [5, 5.41) is 2.83. The van der Waals surface area contributed by atoms with Gasteiger partial charge < -0.3 is 10.1 Å². The first kappa shape index (κ1) is 19.6. The molecule has 3 rings (SSSR count). The summed E-state index contributed by atoms with van der Waals surface area (Å²) >= 11 is 0. The molecule has 1 heterocycles. The summed E-state index contributed by atoms with van der Waals surface area (Å²) in [6.45, 7) is 0.170. The zero-order chi connectivity index (χ0) is 20.1. The Balaban J connectivity index is 1.97. The molecule has 1 amide bonds. The maximum atomic E-state index is 12.4. The molecule has 6 nitrogen and oxygen atoms in total. The van der Waals surface area contributed by atoms with Crippen LogP contribution in [0.15, 0.2) is 71.9 Å². The van der Waals surface area contributed by atoms with Gasteiger partial charge in [0.05, 0.1) is 17.6 Å². The second kappa shape index (κ2) is 8.22. The minimum absolute atomic E-state index is 0.170. The SMILES string of the molecule is COc1cccc(-c2ccc(S(C)(=O)=O)cc2CNC(=O)c2cccnc2)c1. The molecular weight excluding hydrogens is 376 g/mol. The molecular formula is C21H20N2O4S. The number of aromatic nitrogens is 1. The number of sulfone groups is 1. The monoisotopic (exact) mass is 396 g/mol. The van der Waals surface area contributed by atoms with E-state index in [0.717, 1.165) is 17.4 Å². The smallest absolute Gasteiger partial charge is 0.253 e. The van der Waals surface area contributed by atoms with Gasteiger partial charge in [0.15, 0.2) is 9.84 Å². The number of carbonyl (C=O) groups is 1. The lowest BCUT2D eigenvalue weighted by Gasteiger charge is -2.14. The van der Waals surface area contributed by atoms with Crippen LogP contribution in [0.2, 0.25) is 0 Å². The molecule has 0 aliphatic heterocycles. The van der Waals surface area contributed by atoms with Crippen LogP contribution in [0.25, 0.3) is 11.1 Å². The number of nitrogens with zero attached hydrogens (tertiary/aromatic N) is 1. The van der Waals surface area contributed by atoms with Gasteiger partial charge in [0.25, 0.3) is 5.91 Å². The van der Waals surface area contributed by atoms with E-state index in [9.17, 15) is 13.2 Å². The summed E-state index contributed by atoms with van der Waals surface area (Å²) in [6, 6.07) is 15.7. The number of hydrogen-bond donors (Lipinski definition) is 1. The molecule has 2 aromatic carbocycles. The zero-order valence-corrected chi connectivity index (χ0v) is 16.4. The molecule has 0 saturated heterocycles. The van der Waals surface area contributed by atoms with E-state index in [1.807, 2.05) is 24.3 Å². The molecule has 7 heteroatoms. The van der Waals surface area contributed by atoms with Crippen LogP contribution in [0.5, 0.6) is 5.75 Å². The van der Waals surface area contributed by atoms with Gasteiger partial charge in [0, 0.05) is 25.2 Å². The third-order valence-corrected chi connectivity index (χ3v) is 5.36. The van der Waals surface area contributed by atoms with Crippen molar-refractivity contribution in [3.05, 3.63) is 78.1 Å². The number of carbonyl (C=O) groups excluding carboxylic acids is 1. The van der Waals surface area contributed by atoms with E-state index in [4.69, 9.17) is 4.74 Å². The topological polar surface area (TPSA) is 85.4 Å². The normalized spacial score (nSPS) is 11.1. The number of ether oxygens (including phenoxy) is 1. The Labute approximate surface area is 164 Å². The third-order valence-electron chi connectivity index (χ3n) is 4.25. The number of benzene rings is 2. The van der Waals surface area contributed by atoms with Gasteiger partial charge >= 0.3 is 0 Å². The van der Waals surface area contributed by atoms with E-state index in [1.54, 1.807) is 43.6 Å². The first-order valence-corrected chi connectivity index (χ1v) is 10.4. The highest BCUT2D eigenvalue weighted by Crippen LogP contribution is 2.29. The van der Waals surface area contributed by atoms with Crippen molar-refractivity contribution in [3.8, 4) is 16.9 Å². The highest BCUT2D eigenvalue weighted by molar-refractivity contribution is 7.90. The average Bonchev–Trinajstić information content (AvgIpc) is 2.71. The largest absolute Gasteiger partial charge is 0.497 e. The standard InChI is InChI=1S/C21H20N2O4S/c1-27-18-7-3-5-15(11-18)20-9-8-19(28(2,25)26)12-17(20)14-23-21(24)16-6-4-10-22-13-16/h3-13H,14H2,1-2H3,(H,23,24). The van der Waals surface area contributed by atoms with E-state index in [1.165, 1.54) is 6.20 Å². The maximum absolute atomic E-state index is 12.4. The second-order valence-corrected chi connectivity index (χ2v) is 8.26. The van der Waals surface area contributed by atoms with Crippen molar-refractivity contribution in [2.75, 3.05) is 13.4 Å². The van der Waals surface area contributed by atoms with Crippen molar-refractivity contribution < 1.29 is 17.9 Å². The number of nitrogens with one attached hydrogen (secondary N) is 1. The van der Waals surface area contributed by atoms with Gasteiger partial charge in [-0.15, -0.1) is 0 Å². The fraction of sp³-hybridized carbons (Fsp3) is 0.143. The lowest BCUT2D eigenvalue weighted by atomic mass is 9.99. The molecule has 28 heavy (non-hydrogen) atoms. The Hall–Kier alpha value is -3.19. The number of pyridine rings is 1. The van der Waals surface area contributed by atoms with Gasteiger partial charge in [-0.05, 0) is 53.1 Å². The molecule has 0 fully saturated rings. The summed E-state index contributed by atoms with van der Waals surface area (Å²) < 4.78 is 29.2. The van der Waals surface area contributed by atoms with Crippen molar-refractivity contribution in [1.82, 2.24) is 10.3 Å². The molecule has 0 atom stereocenters. The summed E-state index contributed by atoms with van der Waals surface area (Å²) in [6.07, 6.45) is 4.23. The van der Waals surface area contributed by atoms with Crippen LogP contribution in [-0.2, 0) is 16.4 Å². The van der Waals surface area contributed by atoms with Crippen molar-refractivity contribution >= 4 is 15.7 Å². The van der Waals surface area contributed by atoms with Crippen LogP contribution < -0.4 is 10.1 Å². The van der Waals surface area contributed by atoms with Gasteiger partial charge in [-0.1, -0.05) is 18.2 Å². The van der Waals surface area contributed by atoms with Crippen molar-refractivity contribution in [2.24, 2.45) is 0 Å². The first-order chi connectivity index (χ1) is 13.4. The Morgan fingerprint density at radius 2 is 1.93 bits per heavy atom. The summed E-state index contributed by atoms with van der Waals surface area (Å²) in [5.74, 6) is 0.407. The van der Waals surface area contributed by atoms with Crippen LogP contribution in [0.4, 0.5) is 0 Å². The molecule has 1 N–H and O–H groups in total. The van der Waals surface area contributed by atoms with E-state index in [-0.39, 0.29) is 17.3 Å². The first-order valence-electron chi connectivity index (χ1n) is 8.54. The molecule has 0 unspecified atom stereocenters. The van der Waals surface area contributed by atoms with E-state index in [2.05, 4.69) is 10.3 Å². The molecule has 0 spiro atoms. The highest BCUT2D eigenvalue weighted by atomic mass is 32.2. The Kier molecular flexibility index (Phi) is 5.75. The lowest BCUT2D eigenvalue weighted by Crippen LogP contribution is -2.23. The average molecular weight is 396 g/mol. The summed E-state index contributed by atoms with van der Waals surface area (Å²) in [5.41, 5.74) is 2.81. The molecule has 0 aliphatic rings. The van der Waals surface area contributed by atoms with E-state index < -0.39 is 9.84 Å². The molecule has 0 bridgehead atoms. The van der Waals surface area contributed by atoms with Crippen LogP contribution in [0.3, 0.4) is 0 Å². The van der Waals surface area contributed by atoms with E-state index in [0.29, 0.717) is 16.9 Å². The van der Waals surface area contributed by atoms with Gasteiger partial charge in [-0.3, -0.25) is 9.78 Å². The predicted molar refractivity (Wildman–Crippen MR) is 107 cm³/mol. The van der Waals surface area contributed by atoms with Crippen LogP contribution in [0.1, 0.15) is 15.9 Å². The highest BCUT2D eigenvalue weighted by Gasteiger charge is 2.14. The van der Waals surface area contributed by atoms with Crippen LogP contribution >= 0.6 is 0 Å². The minimum Gasteiger partial charge on any atom is -0.497 e. The molecule has 0 radical (unpaired) electrons. The lowest BCUT2D eigenvalue weighted by molar-refractivity contribution is 0.0950. The van der Waals surface area contributed by atoms with Gasteiger partial charge in [-0.25, -0.2) is 8.42 Å². The van der Waals surface area contributed by atoms with Crippen LogP contribution in [0, 0.1) is 0 Å². The fourth-order valence-corrected chi connectivity index (χ4v) is 3.47. The van der Waals surface area contributed by atoms with E-state index >= 15 is 0 Å². The second-order valence-electron chi connectivity index (χ2n) is 6.25. The Morgan fingerprint density at radius 3 is 2.61 bits per heavy atom. The zero-order valence-electron chi connectivity index (χ0n) is 15.5. The van der Waals surface area contributed by atoms with Gasteiger partial charge in [0.1, 0.15) is 5.75 Å². The van der Waals surface area contributed by atoms with Crippen molar-refractivity contribution in [3.63, 3.8) is 0 Å². The van der Waals surface area contributed by atoms with Crippen molar-refractivity contribution in [2.45, 2.75) is 11.4 Å². The Bertz CT molecular complexity index is 1100. The van der Waals surface area contributed by atoms with Crippen molar-refractivity contribution in [1.29, 1.82) is 0 Å². The Morgan fingerprint density at radius 1 is 1.11 bits per heavy atom. The summed E-state index contributed by atoms with van der Waals surface area (Å²) in [4.78, 5) is 16.5. The van der Waals surface area contributed by atoms with Gasteiger partial charge in [-0.2, -0.15) is 0 Å². The number of rotatable bonds is 6. The van der Waals surface area contributed by atoms with Crippen LogP contribution in [-0.4, -0.2) is 32.7 Å². The van der Waals surface area contributed by atoms with Gasteiger partial charge in [0.2, 0.25) is 0 Å². The minimum atomic E-state index is -3.38. The quantitative estimate of drug-likeness (QED) is 0.692. The third kappa shape index (κ3) is 4.55. The molecule has 144 valence electrons. The predicted octanol–water partition coefficient (Wildman–Crippen LogP) is 3.09. The molecule has 1 aromatic heterocycles.